The lowest BCUT2D eigenvalue weighted by atomic mass is 10.2. The van der Waals surface area contributed by atoms with Crippen LogP contribution in [0.25, 0.3) is 11.4 Å². The largest absolute Gasteiger partial charge is 0.313 e. The Kier molecular flexibility index (Phi) is 3.10. The molecule has 1 aromatic heterocycles. The zero-order chi connectivity index (χ0) is 12.3. The maximum Gasteiger partial charge on any atom is 0.270 e. The molecule has 0 saturated heterocycles. The monoisotopic (exact) mass is 233 g/mol. The van der Waals surface area contributed by atoms with Gasteiger partial charge < -0.3 is 5.32 Å². The molecule has 2 N–H and O–H groups in total. The first-order valence-corrected chi connectivity index (χ1v) is 5.01. The number of nitro benzene ring substituents is 1. The number of non-ortho nitro benzene ring substituents is 1. The first-order valence-electron chi connectivity index (χ1n) is 5.01. The van der Waals surface area contributed by atoms with Crippen LogP contribution < -0.4 is 5.32 Å². The Balaban J connectivity index is 2.32. The summed E-state index contributed by atoms with van der Waals surface area (Å²) in [5, 5.41) is 20.3. The standard InChI is InChI=1S/C10H11N5O2/c1-11-6-9-12-10(14-13-9)7-3-2-4-8(5-7)15(16)17/h2-5,11H,6H2,1H3,(H,12,13,14). The van der Waals surface area contributed by atoms with Gasteiger partial charge in [-0.25, -0.2) is 4.98 Å². The van der Waals surface area contributed by atoms with E-state index in [4.69, 9.17) is 0 Å². The Bertz CT molecular complexity index is 537. The molecule has 0 unspecified atom stereocenters. The molecule has 17 heavy (non-hydrogen) atoms. The van der Waals surface area contributed by atoms with E-state index in [-0.39, 0.29) is 5.69 Å². The van der Waals surface area contributed by atoms with Crippen molar-refractivity contribution in [2.75, 3.05) is 7.05 Å². The first kappa shape index (κ1) is 11.2. The van der Waals surface area contributed by atoms with E-state index in [1.807, 2.05) is 0 Å². The summed E-state index contributed by atoms with van der Waals surface area (Å²) in [6, 6.07) is 6.23. The highest BCUT2D eigenvalue weighted by atomic mass is 16.6. The van der Waals surface area contributed by atoms with Gasteiger partial charge in [-0.2, -0.15) is 5.10 Å². The van der Waals surface area contributed by atoms with Crippen molar-refractivity contribution >= 4 is 5.69 Å². The number of aromatic amines is 1. The molecule has 0 atom stereocenters. The summed E-state index contributed by atoms with van der Waals surface area (Å²) in [5.74, 6) is 1.15. The minimum Gasteiger partial charge on any atom is -0.313 e. The minimum atomic E-state index is -0.440. The molecule has 88 valence electrons. The van der Waals surface area contributed by atoms with Crippen molar-refractivity contribution in [2.45, 2.75) is 6.54 Å². The van der Waals surface area contributed by atoms with Gasteiger partial charge in [0.05, 0.1) is 11.5 Å². The number of nitrogens with zero attached hydrogens (tertiary/aromatic N) is 3. The molecule has 2 aromatic rings. The summed E-state index contributed by atoms with van der Waals surface area (Å²) >= 11 is 0. The summed E-state index contributed by atoms with van der Waals surface area (Å²) in [5.41, 5.74) is 0.653. The maximum absolute atomic E-state index is 10.6. The van der Waals surface area contributed by atoms with Crippen molar-refractivity contribution in [3.63, 3.8) is 0 Å². The van der Waals surface area contributed by atoms with Crippen molar-refractivity contribution in [2.24, 2.45) is 0 Å². The molecule has 0 radical (unpaired) electrons. The molecule has 7 nitrogen and oxygen atoms in total. The number of hydrogen-bond acceptors (Lipinski definition) is 5. The van der Waals surface area contributed by atoms with E-state index in [0.29, 0.717) is 23.8 Å². The summed E-state index contributed by atoms with van der Waals surface area (Å²) in [7, 11) is 1.80. The summed E-state index contributed by atoms with van der Waals surface area (Å²) in [6.45, 7) is 0.571. The van der Waals surface area contributed by atoms with Crippen molar-refractivity contribution in [3.05, 3.63) is 40.2 Å². The Labute approximate surface area is 97.0 Å². The normalized spacial score (nSPS) is 10.4. The average molecular weight is 233 g/mol. The second kappa shape index (κ2) is 4.71. The zero-order valence-electron chi connectivity index (χ0n) is 9.17. The Morgan fingerprint density at radius 3 is 3.06 bits per heavy atom. The lowest BCUT2D eigenvalue weighted by Gasteiger charge is -1.95. The topological polar surface area (TPSA) is 96.7 Å². The Morgan fingerprint density at radius 2 is 2.35 bits per heavy atom. The number of hydrogen-bond donors (Lipinski definition) is 2. The highest BCUT2D eigenvalue weighted by molar-refractivity contribution is 5.58. The van der Waals surface area contributed by atoms with Crippen LogP contribution in [0.5, 0.6) is 0 Å². The molecule has 0 saturated carbocycles. The molecule has 0 aliphatic rings. The fraction of sp³-hybridized carbons (Fsp3) is 0.200. The van der Waals surface area contributed by atoms with Gasteiger partial charge >= 0.3 is 0 Å². The van der Waals surface area contributed by atoms with Gasteiger partial charge in [0.15, 0.2) is 5.82 Å². The third-order valence-corrected chi connectivity index (χ3v) is 2.19. The first-order chi connectivity index (χ1) is 8.20. The molecule has 0 amide bonds. The van der Waals surface area contributed by atoms with Crippen LogP contribution >= 0.6 is 0 Å². The van der Waals surface area contributed by atoms with Crippen molar-refractivity contribution in [1.82, 2.24) is 20.5 Å². The SMILES string of the molecule is CNCc1nc(-c2cccc([N+](=O)[O-])c2)n[nH]1. The molecule has 0 spiro atoms. The molecule has 2 rings (SSSR count). The molecule has 1 aromatic carbocycles. The van der Waals surface area contributed by atoms with E-state index in [1.165, 1.54) is 12.1 Å². The van der Waals surface area contributed by atoms with Gasteiger partial charge in [-0.05, 0) is 7.05 Å². The lowest BCUT2D eigenvalue weighted by molar-refractivity contribution is -0.384. The van der Waals surface area contributed by atoms with Crippen LogP contribution in [0.3, 0.4) is 0 Å². The van der Waals surface area contributed by atoms with Crippen molar-refractivity contribution in [1.29, 1.82) is 0 Å². The van der Waals surface area contributed by atoms with Gasteiger partial charge in [0.25, 0.3) is 5.69 Å². The van der Waals surface area contributed by atoms with Crippen LogP contribution in [0.15, 0.2) is 24.3 Å². The third kappa shape index (κ3) is 2.45. The van der Waals surface area contributed by atoms with Crippen LogP contribution in [0, 0.1) is 10.1 Å². The number of aromatic nitrogens is 3. The predicted octanol–water partition coefficient (Wildman–Crippen LogP) is 1.10. The highest BCUT2D eigenvalue weighted by Crippen LogP contribution is 2.20. The quantitative estimate of drug-likeness (QED) is 0.608. The fourth-order valence-electron chi connectivity index (χ4n) is 1.43. The Hall–Kier alpha value is -2.28. The molecule has 0 fully saturated rings. The van der Waals surface area contributed by atoms with E-state index in [2.05, 4.69) is 20.5 Å². The van der Waals surface area contributed by atoms with Crippen LogP contribution in [0.1, 0.15) is 5.82 Å². The summed E-state index contributed by atoms with van der Waals surface area (Å²) in [6.07, 6.45) is 0. The number of benzene rings is 1. The predicted molar refractivity (Wildman–Crippen MR) is 61.2 cm³/mol. The maximum atomic E-state index is 10.6. The molecular formula is C10H11N5O2. The van der Waals surface area contributed by atoms with Gasteiger partial charge in [0.2, 0.25) is 0 Å². The second-order valence-corrected chi connectivity index (χ2v) is 3.44. The number of H-pyrrole nitrogens is 1. The fourth-order valence-corrected chi connectivity index (χ4v) is 1.43. The minimum absolute atomic E-state index is 0.0301. The number of nitro groups is 1. The molecular weight excluding hydrogens is 222 g/mol. The van der Waals surface area contributed by atoms with Gasteiger partial charge in [0, 0.05) is 17.7 Å². The van der Waals surface area contributed by atoms with Crippen LogP contribution in [-0.4, -0.2) is 27.2 Å². The molecule has 0 bridgehead atoms. The number of rotatable bonds is 4. The lowest BCUT2D eigenvalue weighted by Crippen LogP contribution is -2.06. The average Bonchev–Trinajstić information content (AvgIpc) is 2.78. The second-order valence-electron chi connectivity index (χ2n) is 3.44. The van der Waals surface area contributed by atoms with Gasteiger partial charge in [-0.15, -0.1) is 0 Å². The van der Waals surface area contributed by atoms with Gasteiger partial charge in [-0.3, -0.25) is 15.2 Å². The summed E-state index contributed by atoms with van der Waals surface area (Å²) in [4.78, 5) is 14.4. The number of nitrogens with one attached hydrogen (secondary N) is 2. The molecule has 0 aliphatic heterocycles. The van der Waals surface area contributed by atoms with Crippen molar-refractivity contribution in [3.8, 4) is 11.4 Å². The molecule has 1 heterocycles. The van der Waals surface area contributed by atoms with E-state index in [0.717, 1.165) is 0 Å². The van der Waals surface area contributed by atoms with Crippen LogP contribution in [0.2, 0.25) is 0 Å². The van der Waals surface area contributed by atoms with Gasteiger partial charge in [0.1, 0.15) is 5.82 Å². The highest BCUT2D eigenvalue weighted by Gasteiger charge is 2.10. The van der Waals surface area contributed by atoms with E-state index >= 15 is 0 Å². The molecule has 7 heteroatoms. The Morgan fingerprint density at radius 1 is 1.53 bits per heavy atom. The zero-order valence-corrected chi connectivity index (χ0v) is 9.17. The smallest absolute Gasteiger partial charge is 0.270 e. The van der Waals surface area contributed by atoms with E-state index in [1.54, 1.807) is 19.2 Å². The third-order valence-electron chi connectivity index (χ3n) is 2.19. The van der Waals surface area contributed by atoms with Crippen molar-refractivity contribution < 1.29 is 4.92 Å². The molecule has 0 aliphatic carbocycles. The van der Waals surface area contributed by atoms with Crippen LogP contribution in [-0.2, 0) is 6.54 Å². The van der Waals surface area contributed by atoms with Crippen LogP contribution in [0.4, 0.5) is 5.69 Å². The van der Waals surface area contributed by atoms with E-state index in [9.17, 15) is 10.1 Å². The van der Waals surface area contributed by atoms with Gasteiger partial charge in [-0.1, -0.05) is 12.1 Å². The van der Waals surface area contributed by atoms with E-state index < -0.39 is 4.92 Å². The summed E-state index contributed by atoms with van der Waals surface area (Å²) < 4.78 is 0.